The summed E-state index contributed by atoms with van der Waals surface area (Å²) in [6.45, 7) is 4.82. The van der Waals surface area contributed by atoms with Crippen LogP contribution < -0.4 is 0 Å². The molecule has 1 nitrogen and oxygen atoms in total. The molecule has 0 N–H and O–H groups in total. The topological polar surface area (TPSA) is 9.23 Å². The first-order valence-electron chi connectivity index (χ1n) is 4.44. The van der Waals surface area contributed by atoms with E-state index in [1.165, 1.54) is 31.9 Å². The quantitative estimate of drug-likeness (QED) is 0.535. The summed E-state index contributed by atoms with van der Waals surface area (Å²) in [7, 11) is 0. The molecule has 0 unspecified atom stereocenters. The molecule has 1 aliphatic heterocycles. The molecule has 1 aliphatic rings. The summed E-state index contributed by atoms with van der Waals surface area (Å²) in [5, 5.41) is 0. The second-order valence-electron chi connectivity index (χ2n) is 3.44. The molecule has 0 bridgehead atoms. The third-order valence-electron chi connectivity index (χ3n) is 2.02. The highest BCUT2D eigenvalue weighted by atomic mass is 16.4. The molecule has 1 rings (SSSR count). The molecule has 0 spiro atoms. The SMILES string of the molecule is CC(C)OB1CCCCC1. The highest BCUT2D eigenvalue weighted by Gasteiger charge is 2.19. The minimum Gasteiger partial charge on any atom is -0.434 e. The van der Waals surface area contributed by atoms with Crippen LogP contribution in [-0.4, -0.2) is 13.0 Å². The van der Waals surface area contributed by atoms with Crippen molar-refractivity contribution in [1.29, 1.82) is 0 Å². The van der Waals surface area contributed by atoms with Gasteiger partial charge in [0, 0.05) is 6.10 Å². The lowest BCUT2D eigenvalue weighted by Gasteiger charge is -2.20. The molecular formula is C8H17BO. The van der Waals surface area contributed by atoms with Gasteiger partial charge in [0.2, 0.25) is 0 Å². The minimum atomic E-state index is 0.420. The summed E-state index contributed by atoms with van der Waals surface area (Å²) >= 11 is 0. The molecule has 58 valence electrons. The molecule has 0 saturated carbocycles. The van der Waals surface area contributed by atoms with Crippen LogP contribution in [0, 0.1) is 0 Å². The van der Waals surface area contributed by atoms with Crippen molar-refractivity contribution >= 4 is 6.92 Å². The smallest absolute Gasteiger partial charge is 0.293 e. The van der Waals surface area contributed by atoms with E-state index in [2.05, 4.69) is 13.8 Å². The van der Waals surface area contributed by atoms with Gasteiger partial charge >= 0.3 is 0 Å². The van der Waals surface area contributed by atoms with Crippen molar-refractivity contribution in [2.75, 3.05) is 0 Å². The molecule has 10 heavy (non-hydrogen) atoms. The maximum Gasteiger partial charge on any atom is 0.293 e. The van der Waals surface area contributed by atoms with E-state index < -0.39 is 0 Å². The van der Waals surface area contributed by atoms with Crippen LogP contribution in [0.25, 0.3) is 0 Å². The third-order valence-corrected chi connectivity index (χ3v) is 2.02. The van der Waals surface area contributed by atoms with Crippen LogP contribution >= 0.6 is 0 Å². The van der Waals surface area contributed by atoms with Gasteiger partial charge in [0.1, 0.15) is 0 Å². The second-order valence-corrected chi connectivity index (χ2v) is 3.44. The molecule has 2 heteroatoms. The van der Waals surface area contributed by atoms with E-state index in [9.17, 15) is 0 Å². The fourth-order valence-corrected chi connectivity index (χ4v) is 1.59. The van der Waals surface area contributed by atoms with Gasteiger partial charge in [-0.2, -0.15) is 0 Å². The lowest BCUT2D eigenvalue weighted by molar-refractivity contribution is 0.237. The van der Waals surface area contributed by atoms with E-state index in [4.69, 9.17) is 4.65 Å². The maximum atomic E-state index is 5.69. The van der Waals surface area contributed by atoms with Crippen molar-refractivity contribution in [2.24, 2.45) is 0 Å². The van der Waals surface area contributed by atoms with Crippen LogP contribution in [0.4, 0.5) is 0 Å². The van der Waals surface area contributed by atoms with Crippen molar-refractivity contribution in [2.45, 2.75) is 51.9 Å². The van der Waals surface area contributed by atoms with Gasteiger partial charge in [0.05, 0.1) is 0 Å². The first-order chi connectivity index (χ1) is 4.79. The van der Waals surface area contributed by atoms with Gasteiger partial charge in [-0.15, -0.1) is 0 Å². The van der Waals surface area contributed by atoms with Gasteiger partial charge in [-0.25, -0.2) is 0 Å². The molecule has 0 aliphatic carbocycles. The van der Waals surface area contributed by atoms with Gasteiger partial charge in [-0.05, 0) is 26.5 Å². The van der Waals surface area contributed by atoms with Crippen LogP contribution in [0.3, 0.4) is 0 Å². The van der Waals surface area contributed by atoms with Crippen molar-refractivity contribution in [3.05, 3.63) is 0 Å². The Labute approximate surface area is 64.3 Å². The molecule has 0 radical (unpaired) electrons. The average molecular weight is 140 g/mol. The van der Waals surface area contributed by atoms with Crippen LogP contribution in [0.5, 0.6) is 0 Å². The van der Waals surface area contributed by atoms with E-state index in [1.54, 1.807) is 0 Å². The van der Waals surface area contributed by atoms with Crippen molar-refractivity contribution in [3.63, 3.8) is 0 Å². The third kappa shape index (κ3) is 2.74. The summed E-state index contributed by atoms with van der Waals surface area (Å²) in [5.74, 6) is 0. The van der Waals surface area contributed by atoms with E-state index in [-0.39, 0.29) is 0 Å². The Balaban J connectivity index is 2.13. The Bertz CT molecular complexity index is 87.3. The highest BCUT2D eigenvalue weighted by molar-refractivity contribution is 6.52. The van der Waals surface area contributed by atoms with E-state index in [0.717, 1.165) is 0 Å². The fourth-order valence-electron chi connectivity index (χ4n) is 1.59. The minimum absolute atomic E-state index is 0.420. The van der Waals surface area contributed by atoms with Crippen molar-refractivity contribution < 1.29 is 4.65 Å². The number of rotatable bonds is 2. The summed E-state index contributed by atoms with van der Waals surface area (Å²) in [5.41, 5.74) is 0. The zero-order chi connectivity index (χ0) is 7.40. The summed E-state index contributed by atoms with van der Waals surface area (Å²) < 4.78 is 5.69. The molecule has 1 heterocycles. The molecular weight excluding hydrogens is 123 g/mol. The summed E-state index contributed by atoms with van der Waals surface area (Å²) in [6.07, 6.45) is 7.16. The first kappa shape index (κ1) is 8.12. The van der Waals surface area contributed by atoms with Crippen LogP contribution in [0.1, 0.15) is 33.1 Å². The maximum absolute atomic E-state index is 5.69. The van der Waals surface area contributed by atoms with Gasteiger partial charge in [-0.3, -0.25) is 0 Å². The lowest BCUT2D eigenvalue weighted by Crippen LogP contribution is -2.24. The largest absolute Gasteiger partial charge is 0.434 e. The van der Waals surface area contributed by atoms with Crippen LogP contribution in [0.15, 0.2) is 0 Å². The second kappa shape index (κ2) is 4.02. The molecule has 0 aromatic heterocycles. The number of hydrogen-bond acceptors (Lipinski definition) is 1. The monoisotopic (exact) mass is 140 g/mol. The lowest BCUT2D eigenvalue weighted by atomic mass is 9.56. The normalized spacial score (nSPS) is 20.1. The van der Waals surface area contributed by atoms with E-state index >= 15 is 0 Å². The van der Waals surface area contributed by atoms with Crippen molar-refractivity contribution in [3.8, 4) is 0 Å². The molecule has 0 atom stereocenters. The molecule has 0 aromatic rings. The van der Waals surface area contributed by atoms with Gasteiger partial charge in [0.15, 0.2) is 0 Å². The van der Waals surface area contributed by atoms with Crippen LogP contribution in [0.2, 0.25) is 12.6 Å². The Kier molecular flexibility index (Phi) is 3.27. The fraction of sp³-hybridized carbons (Fsp3) is 1.00. The van der Waals surface area contributed by atoms with Crippen LogP contribution in [-0.2, 0) is 4.65 Å². The predicted molar refractivity (Wildman–Crippen MR) is 45.4 cm³/mol. The molecule has 1 fully saturated rings. The summed E-state index contributed by atoms with van der Waals surface area (Å²) in [6, 6.07) is 0. The van der Waals surface area contributed by atoms with Crippen molar-refractivity contribution in [1.82, 2.24) is 0 Å². The molecule has 1 saturated heterocycles. The van der Waals surface area contributed by atoms with E-state index in [1.807, 2.05) is 0 Å². The van der Waals surface area contributed by atoms with Gasteiger partial charge < -0.3 is 4.65 Å². The van der Waals surface area contributed by atoms with Gasteiger partial charge in [-0.1, -0.05) is 19.3 Å². The highest BCUT2D eigenvalue weighted by Crippen LogP contribution is 2.20. The Morgan fingerprint density at radius 3 is 2.20 bits per heavy atom. The van der Waals surface area contributed by atoms with Gasteiger partial charge in [0.25, 0.3) is 6.92 Å². The number of hydrogen-bond donors (Lipinski definition) is 0. The predicted octanol–water partition coefficient (Wildman–Crippen LogP) is 2.59. The summed E-state index contributed by atoms with van der Waals surface area (Å²) in [4.78, 5) is 0. The Morgan fingerprint density at radius 2 is 1.70 bits per heavy atom. The average Bonchev–Trinajstić information content (AvgIpc) is 1.88. The first-order valence-corrected chi connectivity index (χ1v) is 4.44. The standard InChI is InChI=1S/C8H17BO/c1-8(2)10-9-6-4-3-5-7-9/h8H,3-7H2,1-2H3. The molecule has 0 aromatic carbocycles. The van der Waals surface area contributed by atoms with E-state index in [0.29, 0.717) is 13.0 Å². The molecule has 0 amide bonds. The zero-order valence-corrected chi connectivity index (χ0v) is 7.10. The Hall–Kier alpha value is 0.0249. The zero-order valence-electron chi connectivity index (χ0n) is 7.10. The Morgan fingerprint density at radius 1 is 1.10 bits per heavy atom.